The Balaban J connectivity index is 1.57. The average Bonchev–Trinajstić information content (AvgIpc) is 3.34. The third-order valence-electron chi connectivity index (χ3n) is 7.36. The molecule has 0 atom stereocenters. The quantitative estimate of drug-likeness (QED) is 0.572. The number of carbonyl (C=O) groups is 2. The lowest BCUT2D eigenvalue weighted by molar-refractivity contribution is -0.140. The molecule has 0 radical (unpaired) electrons. The van der Waals surface area contributed by atoms with E-state index in [2.05, 4.69) is 13.8 Å². The third kappa shape index (κ3) is 3.65. The van der Waals surface area contributed by atoms with Gasteiger partial charge < -0.3 is 18.9 Å². The minimum absolute atomic E-state index is 0.277. The van der Waals surface area contributed by atoms with E-state index in [0.717, 1.165) is 72.6 Å². The van der Waals surface area contributed by atoms with E-state index in [0.29, 0.717) is 51.4 Å². The van der Waals surface area contributed by atoms with Gasteiger partial charge >= 0.3 is 0 Å². The van der Waals surface area contributed by atoms with Crippen molar-refractivity contribution < 1.29 is 28.5 Å². The van der Waals surface area contributed by atoms with Gasteiger partial charge in [-0.2, -0.15) is 0 Å². The topological polar surface area (TPSA) is 71.1 Å². The van der Waals surface area contributed by atoms with Crippen LogP contribution in [-0.4, -0.2) is 23.1 Å². The number of hydrogen-bond donors (Lipinski definition) is 0. The molecule has 32 heavy (non-hydrogen) atoms. The summed E-state index contributed by atoms with van der Waals surface area (Å²) in [6, 6.07) is 0. The van der Waals surface area contributed by atoms with Crippen molar-refractivity contribution in [3.8, 4) is 23.0 Å². The maximum atomic E-state index is 11.9. The van der Waals surface area contributed by atoms with Gasteiger partial charge in [-0.3, -0.25) is 9.59 Å². The maximum absolute atomic E-state index is 11.9. The first-order valence-corrected chi connectivity index (χ1v) is 12.5. The highest BCUT2D eigenvalue weighted by Gasteiger charge is 2.52. The molecule has 6 heteroatoms. The molecule has 0 N–H and O–H groups in total. The van der Waals surface area contributed by atoms with Gasteiger partial charge in [0.15, 0.2) is 23.0 Å². The van der Waals surface area contributed by atoms with Crippen LogP contribution in [0, 0.1) is 0 Å². The van der Waals surface area contributed by atoms with Crippen LogP contribution in [0.15, 0.2) is 0 Å². The smallest absolute Gasteiger partial charge is 0.252 e. The molecule has 2 spiro atoms. The summed E-state index contributed by atoms with van der Waals surface area (Å²) in [6.45, 7) is 4.35. The number of rotatable bonds is 6. The van der Waals surface area contributed by atoms with Crippen molar-refractivity contribution in [1.29, 1.82) is 0 Å². The van der Waals surface area contributed by atoms with Crippen LogP contribution in [0.2, 0.25) is 0 Å². The average molecular weight is 443 g/mol. The summed E-state index contributed by atoms with van der Waals surface area (Å²) < 4.78 is 26.3. The zero-order valence-electron chi connectivity index (χ0n) is 19.3. The lowest BCUT2D eigenvalue weighted by Crippen LogP contribution is -2.43. The molecule has 6 nitrogen and oxygen atoms in total. The molecule has 0 saturated heterocycles. The summed E-state index contributed by atoms with van der Waals surface area (Å²) in [5.41, 5.74) is 2.05. The van der Waals surface area contributed by atoms with Crippen LogP contribution < -0.4 is 18.9 Å². The molecular weight excluding hydrogens is 408 g/mol. The van der Waals surface area contributed by atoms with Crippen molar-refractivity contribution in [2.45, 2.75) is 115 Å². The van der Waals surface area contributed by atoms with Crippen LogP contribution in [0.4, 0.5) is 0 Å². The molecule has 2 fully saturated rings. The molecule has 0 amide bonds. The van der Waals surface area contributed by atoms with E-state index in [1.54, 1.807) is 0 Å². The monoisotopic (exact) mass is 442 g/mol. The van der Waals surface area contributed by atoms with Gasteiger partial charge in [0.25, 0.3) is 11.6 Å². The summed E-state index contributed by atoms with van der Waals surface area (Å²) in [4.78, 5) is 23.8. The molecule has 1 aromatic carbocycles. The van der Waals surface area contributed by atoms with Crippen molar-refractivity contribution in [1.82, 2.24) is 0 Å². The SMILES string of the molecule is CCCCc1c2c(c(CCCC)c3c1OC1(CCC(=O)CC1)O3)OC1(CCC(=O)CC1)O2. The minimum Gasteiger partial charge on any atom is -0.448 e. The number of unbranched alkanes of at least 4 members (excludes halogenated alkanes) is 2. The first-order chi connectivity index (χ1) is 15.5. The van der Waals surface area contributed by atoms with Crippen LogP contribution in [0.5, 0.6) is 23.0 Å². The van der Waals surface area contributed by atoms with Gasteiger partial charge in [-0.1, -0.05) is 26.7 Å². The molecule has 174 valence electrons. The Bertz CT molecular complexity index is 797. The summed E-state index contributed by atoms with van der Waals surface area (Å²) >= 11 is 0. The van der Waals surface area contributed by atoms with Crippen molar-refractivity contribution in [2.24, 2.45) is 0 Å². The van der Waals surface area contributed by atoms with Crippen LogP contribution in [0.1, 0.15) is 102 Å². The van der Waals surface area contributed by atoms with E-state index in [1.165, 1.54) is 0 Å². The zero-order valence-corrected chi connectivity index (χ0v) is 19.3. The second-order valence-corrected chi connectivity index (χ2v) is 9.79. The highest BCUT2D eigenvalue weighted by atomic mass is 16.7. The largest absolute Gasteiger partial charge is 0.448 e. The fourth-order valence-corrected chi connectivity index (χ4v) is 5.36. The van der Waals surface area contributed by atoms with Gasteiger partial charge in [0.05, 0.1) is 0 Å². The van der Waals surface area contributed by atoms with Crippen molar-refractivity contribution in [3.05, 3.63) is 11.1 Å². The lowest BCUT2D eigenvalue weighted by Gasteiger charge is -2.32. The molecule has 2 aliphatic carbocycles. The number of Topliss-reactive ketones (excluding diaryl/α,β-unsaturated/α-hetero) is 2. The van der Waals surface area contributed by atoms with E-state index < -0.39 is 11.6 Å². The number of carbonyl (C=O) groups excluding carboxylic acids is 2. The highest BCUT2D eigenvalue weighted by molar-refractivity contribution is 5.80. The molecule has 0 unspecified atom stereocenters. The summed E-state index contributed by atoms with van der Waals surface area (Å²) in [7, 11) is 0. The van der Waals surface area contributed by atoms with Gasteiger partial charge in [0, 0.05) is 62.5 Å². The standard InChI is InChI=1S/C26H34O6/c1-3-5-7-19-21-23(31-25(29-21)13-9-17(27)10-14-25)20(8-6-4-2)24-22(19)30-26(32-24)15-11-18(28)12-16-26/h3-16H2,1-2H3. The molecule has 4 aliphatic rings. The Labute approximate surface area is 189 Å². The third-order valence-corrected chi connectivity index (χ3v) is 7.36. The van der Waals surface area contributed by atoms with Gasteiger partial charge in [-0.05, 0) is 25.7 Å². The van der Waals surface area contributed by atoms with Crippen molar-refractivity contribution in [2.75, 3.05) is 0 Å². The van der Waals surface area contributed by atoms with E-state index in [1.807, 2.05) is 0 Å². The van der Waals surface area contributed by atoms with E-state index in [4.69, 9.17) is 18.9 Å². The molecule has 5 rings (SSSR count). The van der Waals surface area contributed by atoms with E-state index in [9.17, 15) is 9.59 Å². The Morgan fingerprint density at radius 2 is 0.906 bits per heavy atom. The van der Waals surface area contributed by atoms with Crippen LogP contribution >= 0.6 is 0 Å². The lowest BCUT2D eigenvalue weighted by atomic mass is 9.93. The molecule has 2 saturated carbocycles. The predicted molar refractivity (Wildman–Crippen MR) is 119 cm³/mol. The van der Waals surface area contributed by atoms with Crippen molar-refractivity contribution >= 4 is 11.6 Å². The first kappa shape index (κ1) is 21.6. The second-order valence-electron chi connectivity index (χ2n) is 9.79. The molecule has 2 aliphatic heterocycles. The summed E-state index contributed by atoms with van der Waals surface area (Å²) in [5.74, 6) is 2.24. The number of fused-ring (bicyclic) bond motifs is 2. The molecule has 2 heterocycles. The Morgan fingerprint density at radius 3 is 1.19 bits per heavy atom. The maximum Gasteiger partial charge on any atom is 0.252 e. The minimum atomic E-state index is -0.748. The van der Waals surface area contributed by atoms with Crippen molar-refractivity contribution in [3.63, 3.8) is 0 Å². The number of hydrogen-bond acceptors (Lipinski definition) is 6. The number of ketones is 2. The zero-order chi connectivity index (χ0) is 22.3. The van der Waals surface area contributed by atoms with Gasteiger partial charge in [-0.15, -0.1) is 0 Å². The van der Waals surface area contributed by atoms with Gasteiger partial charge in [-0.25, -0.2) is 0 Å². The molecule has 0 aromatic heterocycles. The molecular formula is C26H34O6. The fraction of sp³-hybridized carbons (Fsp3) is 0.692. The highest BCUT2D eigenvalue weighted by Crippen LogP contribution is 2.60. The Kier molecular flexibility index (Phi) is 5.58. The molecule has 0 bridgehead atoms. The Hall–Kier alpha value is -2.24. The number of ether oxygens (including phenoxy) is 4. The van der Waals surface area contributed by atoms with Crippen LogP contribution in [0.3, 0.4) is 0 Å². The molecule has 1 aromatic rings. The first-order valence-electron chi connectivity index (χ1n) is 12.5. The summed E-state index contributed by atoms with van der Waals surface area (Å²) in [5, 5.41) is 0. The summed E-state index contributed by atoms with van der Waals surface area (Å²) in [6.07, 6.45) is 10.1. The Morgan fingerprint density at radius 1 is 0.594 bits per heavy atom. The predicted octanol–water partition coefficient (Wildman–Crippen LogP) is 5.59. The van der Waals surface area contributed by atoms with E-state index >= 15 is 0 Å². The van der Waals surface area contributed by atoms with E-state index in [-0.39, 0.29) is 11.6 Å². The normalized spacial score (nSPS) is 22.2. The second kappa shape index (κ2) is 8.27. The van der Waals surface area contributed by atoms with Crippen LogP contribution in [-0.2, 0) is 22.4 Å². The van der Waals surface area contributed by atoms with Gasteiger partial charge in [0.1, 0.15) is 11.6 Å². The van der Waals surface area contributed by atoms with Gasteiger partial charge in [0.2, 0.25) is 0 Å². The number of benzene rings is 1. The fourth-order valence-electron chi connectivity index (χ4n) is 5.36. The van der Waals surface area contributed by atoms with Crippen LogP contribution in [0.25, 0.3) is 0 Å².